The summed E-state index contributed by atoms with van der Waals surface area (Å²) in [4.78, 5) is 10.6. The molecular formula is C38H21N3OS. The summed E-state index contributed by atoms with van der Waals surface area (Å²) in [6, 6.07) is 44.7. The van der Waals surface area contributed by atoms with E-state index < -0.39 is 0 Å². The second-order valence-corrected chi connectivity index (χ2v) is 12.0. The van der Waals surface area contributed by atoms with Crippen LogP contribution >= 0.6 is 11.3 Å². The second-order valence-electron chi connectivity index (χ2n) is 11.0. The summed E-state index contributed by atoms with van der Waals surface area (Å²) in [5.41, 5.74) is 7.00. The summed E-state index contributed by atoms with van der Waals surface area (Å²) in [6.45, 7) is 0. The second kappa shape index (κ2) is 8.51. The van der Waals surface area contributed by atoms with Gasteiger partial charge in [0, 0.05) is 42.6 Å². The van der Waals surface area contributed by atoms with Crippen LogP contribution in [0, 0.1) is 0 Å². The Labute approximate surface area is 249 Å². The zero-order chi connectivity index (χ0) is 28.1. The van der Waals surface area contributed by atoms with E-state index in [0.29, 0.717) is 5.95 Å². The molecule has 4 nitrogen and oxygen atoms in total. The molecule has 5 heteroatoms. The third kappa shape index (κ3) is 3.20. The third-order valence-electron chi connectivity index (χ3n) is 8.61. The molecule has 0 saturated carbocycles. The Morgan fingerprint density at radius 1 is 0.558 bits per heavy atom. The molecule has 0 fully saturated rings. The lowest BCUT2D eigenvalue weighted by Crippen LogP contribution is -2.02. The molecule has 6 aromatic carbocycles. The maximum absolute atomic E-state index is 6.43. The number of rotatable bonds is 2. The molecule has 0 radical (unpaired) electrons. The largest absolute Gasteiger partial charge is 0.455 e. The fraction of sp³-hybridized carbons (Fsp3) is 0. The van der Waals surface area contributed by atoms with Gasteiger partial charge in [-0.1, -0.05) is 91.0 Å². The third-order valence-corrected chi connectivity index (χ3v) is 9.77. The Morgan fingerprint density at radius 3 is 2.23 bits per heavy atom. The minimum atomic E-state index is 0.672. The van der Waals surface area contributed by atoms with E-state index >= 15 is 0 Å². The van der Waals surface area contributed by atoms with Gasteiger partial charge in [0.2, 0.25) is 5.95 Å². The Balaban J connectivity index is 1.34. The van der Waals surface area contributed by atoms with Crippen LogP contribution in [-0.4, -0.2) is 14.5 Å². The number of para-hydroxylation sites is 2. The SMILES string of the molecule is c1ccc(-c2nc(-n3c4ccccc4c4cc5c(ccc6c7ccccc7oc56)cc43)nc3c2sc2ccccc23)cc1. The number of furan rings is 1. The molecule has 0 aliphatic rings. The fourth-order valence-electron chi connectivity index (χ4n) is 6.66. The summed E-state index contributed by atoms with van der Waals surface area (Å²) < 4.78 is 11.0. The van der Waals surface area contributed by atoms with E-state index in [1.54, 1.807) is 11.3 Å². The lowest BCUT2D eigenvalue weighted by molar-refractivity contribution is 0.672. The van der Waals surface area contributed by atoms with Crippen LogP contribution in [0.25, 0.3) is 92.0 Å². The quantitative estimate of drug-likeness (QED) is 0.209. The highest BCUT2D eigenvalue weighted by Crippen LogP contribution is 2.42. The first-order chi connectivity index (χ1) is 21.3. The molecule has 4 heterocycles. The van der Waals surface area contributed by atoms with Gasteiger partial charge in [0.15, 0.2) is 0 Å². The van der Waals surface area contributed by atoms with Crippen molar-refractivity contribution in [1.82, 2.24) is 14.5 Å². The highest BCUT2D eigenvalue weighted by molar-refractivity contribution is 7.26. The number of fused-ring (bicyclic) bond motifs is 11. The molecule has 0 amide bonds. The molecule has 0 unspecified atom stereocenters. The monoisotopic (exact) mass is 567 g/mol. The molecule has 0 aliphatic carbocycles. The van der Waals surface area contributed by atoms with Crippen molar-refractivity contribution in [3.8, 4) is 17.2 Å². The molecule has 0 atom stereocenters. The van der Waals surface area contributed by atoms with Gasteiger partial charge in [-0.3, -0.25) is 4.57 Å². The van der Waals surface area contributed by atoms with Crippen LogP contribution < -0.4 is 0 Å². The predicted octanol–water partition coefficient (Wildman–Crippen LogP) is 10.7. The van der Waals surface area contributed by atoms with E-state index in [1.165, 1.54) is 4.70 Å². The van der Waals surface area contributed by atoms with Gasteiger partial charge < -0.3 is 4.42 Å². The Kier molecular flexibility index (Phi) is 4.57. The Morgan fingerprint density at radius 2 is 1.33 bits per heavy atom. The molecule has 10 aromatic rings. The number of nitrogens with zero attached hydrogens (tertiary/aromatic N) is 3. The van der Waals surface area contributed by atoms with E-state index in [4.69, 9.17) is 14.4 Å². The first kappa shape index (κ1) is 23.1. The van der Waals surface area contributed by atoms with Crippen molar-refractivity contribution in [1.29, 1.82) is 0 Å². The molecular weight excluding hydrogens is 547 g/mol. The van der Waals surface area contributed by atoms with Crippen LogP contribution in [0.3, 0.4) is 0 Å². The summed E-state index contributed by atoms with van der Waals surface area (Å²) in [6.07, 6.45) is 0. The van der Waals surface area contributed by atoms with Crippen LogP contribution in [0.5, 0.6) is 0 Å². The van der Waals surface area contributed by atoms with E-state index in [2.05, 4.69) is 114 Å². The number of hydrogen-bond donors (Lipinski definition) is 0. The van der Waals surface area contributed by atoms with Crippen molar-refractivity contribution >= 4 is 86.2 Å². The average molecular weight is 568 g/mol. The zero-order valence-corrected chi connectivity index (χ0v) is 23.6. The molecule has 4 aromatic heterocycles. The lowest BCUT2D eigenvalue weighted by atomic mass is 10.0. The smallest absolute Gasteiger partial charge is 0.235 e. The number of aromatic nitrogens is 3. The van der Waals surface area contributed by atoms with Gasteiger partial charge in [-0.25, -0.2) is 9.97 Å². The summed E-state index contributed by atoms with van der Waals surface area (Å²) >= 11 is 1.76. The molecule has 0 N–H and O–H groups in total. The van der Waals surface area contributed by atoms with Gasteiger partial charge in [0.1, 0.15) is 11.2 Å². The molecule has 43 heavy (non-hydrogen) atoms. The van der Waals surface area contributed by atoms with Gasteiger partial charge in [0.05, 0.1) is 26.9 Å². The van der Waals surface area contributed by atoms with E-state index in [1.807, 2.05) is 18.2 Å². The van der Waals surface area contributed by atoms with E-state index in [0.717, 1.165) is 81.4 Å². The summed E-state index contributed by atoms with van der Waals surface area (Å²) in [5, 5.41) is 7.96. The molecule has 0 spiro atoms. The van der Waals surface area contributed by atoms with Crippen molar-refractivity contribution in [3.63, 3.8) is 0 Å². The van der Waals surface area contributed by atoms with E-state index in [9.17, 15) is 0 Å². The first-order valence-electron chi connectivity index (χ1n) is 14.3. The maximum atomic E-state index is 6.43. The molecule has 0 saturated heterocycles. The fourth-order valence-corrected chi connectivity index (χ4v) is 7.81. The van der Waals surface area contributed by atoms with Gasteiger partial charge in [-0.15, -0.1) is 11.3 Å². The van der Waals surface area contributed by atoms with Gasteiger partial charge in [0.25, 0.3) is 0 Å². The van der Waals surface area contributed by atoms with Crippen LogP contribution in [0.2, 0.25) is 0 Å². The molecule has 0 aliphatic heterocycles. The van der Waals surface area contributed by atoms with Crippen molar-refractivity contribution in [2.75, 3.05) is 0 Å². The first-order valence-corrected chi connectivity index (χ1v) is 15.2. The van der Waals surface area contributed by atoms with Crippen LogP contribution in [-0.2, 0) is 0 Å². The van der Waals surface area contributed by atoms with Gasteiger partial charge >= 0.3 is 0 Å². The minimum Gasteiger partial charge on any atom is -0.455 e. The maximum Gasteiger partial charge on any atom is 0.235 e. The van der Waals surface area contributed by atoms with Crippen LogP contribution in [0.15, 0.2) is 132 Å². The average Bonchev–Trinajstić information content (AvgIpc) is 3.73. The molecule has 0 bridgehead atoms. The van der Waals surface area contributed by atoms with E-state index in [-0.39, 0.29) is 0 Å². The normalized spacial score (nSPS) is 12.2. The summed E-state index contributed by atoms with van der Waals surface area (Å²) in [7, 11) is 0. The van der Waals surface area contributed by atoms with Gasteiger partial charge in [-0.05, 0) is 41.8 Å². The predicted molar refractivity (Wildman–Crippen MR) is 179 cm³/mol. The van der Waals surface area contributed by atoms with Crippen LogP contribution in [0.1, 0.15) is 0 Å². The van der Waals surface area contributed by atoms with Crippen molar-refractivity contribution in [2.45, 2.75) is 0 Å². The number of hydrogen-bond acceptors (Lipinski definition) is 4. The standard InChI is InChI=1S/C38H21N3OS/c1-2-10-22(11-3-1)34-37-35(27-14-6-9-17-33(27)43-37)40-38(39-34)41-30-15-7-4-12-24(30)29-21-28-23(20-31(29)41)18-19-26-25-13-5-8-16-32(25)42-36(26)28/h1-21H. The Bertz CT molecular complexity index is 2730. The number of benzene rings is 6. The topological polar surface area (TPSA) is 43.9 Å². The lowest BCUT2D eigenvalue weighted by Gasteiger charge is -2.10. The van der Waals surface area contributed by atoms with Crippen molar-refractivity contribution in [2.24, 2.45) is 0 Å². The van der Waals surface area contributed by atoms with Gasteiger partial charge in [-0.2, -0.15) is 0 Å². The van der Waals surface area contributed by atoms with Crippen molar-refractivity contribution < 1.29 is 4.42 Å². The summed E-state index contributed by atoms with van der Waals surface area (Å²) in [5.74, 6) is 0.672. The van der Waals surface area contributed by atoms with Crippen LogP contribution in [0.4, 0.5) is 0 Å². The molecule has 10 rings (SSSR count). The highest BCUT2D eigenvalue weighted by atomic mass is 32.1. The number of thiophene rings is 1. The minimum absolute atomic E-state index is 0.672. The molecule has 200 valence electrons. The zero-order valence-electron chi connectivity index (χ0n) is 22.8. The Hall–Kier alpha value is -5.52. The van der Waals surface area contributed by atoms with Crippen molar-refractivity contribution in [3.05, 3.63) is 127 Å². The highest BCUT2D eigenvalue weighted by Gasteiger charge is 2.21.